The number of carboxylic acids is 1. The number of nitrogens with two attached hydrogens (primary N) is 1. The van der Waals surface area contributed by atoms with Crippen LogP contribution in [0, 0.1) is 22.7 Å². The number of hydrogen-bond donors (Lipinski definition) is 13. The van der Waals surface area contributed by atoms with Gasteiger partial charge in [0.2, 0.25) is 41.4 Å². The first-order valence-corrected chi connectivity index (χ1v) is 33.0. The van der Waals surface area contributed by atoms with E-state index in [-0.39, 0.29) is 81.6 Å². The van der Waals surface area contributed by atoms with E-state index in [4.69, 9.17) is 55.0 Å². The first-order chi connectivity index (χ1) is 45.6. The highest BCUT2D eigenvalue weighted by molar-refractivity contribution is 7.80. The molecule has 1 heterocycles. The highest BCUT2D eigenvalue weighted by Gasteiger charge is 2.42. The molecule has 14 N–H and O–H groups in total. The van der Waals surface area contributed by atoms with Gasteiger partial charge in [0.15, 0.2) is 10.5 Å². The first-order valence-electron chi connectivity index (χ1n) is 31.9. The fourth-order valence-electron chi connectivity index (χ4n) is 10.3. The van der Waals surface area contributed by atoms with E-state index < -0.39 is 125 Å². The average molecular weight is 1410 g/mol. The maximum atomic E-state index is 14.3. The number of carbonyl (C=O) groups is 9. The molecule has 0 saturated heterocycles. The molecule has 1 aliphatic carbocycles. The van der Waals surface area contributed by atoms with Gasteiger partial charge in [-0.2, -0.15) is 0 Å². The third-order valence-corrected chi connectivity index (χ3v) is 17.2. The number of halogens is 2. The number of fused-ring (bicyclic) bond motifs is 2. The number of hydrogen-bond acceptors (Lipinski definition) is 16. The van der Waals surface area contributed by atoms with Gasteiger partial charge < -0.3 is 82.8 Å². The molecule has 528 valence electrons. The fraction of sp³-hybridized carbons (Fsp3) is 0.485. The Morgan fingerprint density at radius 1 is 0.649 bits per heavy atom. The molecule has 8 amide bonds. The standard InChI is InChI=1S/C68H90Cl2N10O16S/c1-12-35(3)53(76-64(91)57(68(9,10)11)80-62(89)54(36(4)13-2)77-63(90)56(67(6,7)8)79-59(86)44-17-16-18-46(69)52(44)70)61(88)78-55(37(5)81)60(87)72-27-28-94-29-30-95-34-50(84)75-47(58(71)85)19-14-15-26-73-66(97)74-38-20-23-41(45(31-38)65(92)93)51-42-24-21-39(82)32-48(42)96-49-33-40(83)22-25-43(49)51/h16-18,20-25,31-33,35-37,47,53-57,81-82H,12-15,19,26-30,34H2,1-11H3,(H2,71,85)(H,72,87)(H,75,84)(H,76,91)(H,77,90)(H,78,88)(H,79,86)(H,80,89)(H,92,93)(H2,73,74,97)/t35-,36-,37+,47-,53-,54-,55-,56+,57+/m0/s1. The molecule has 3 aromatic carbocycles. The molecule has 0 fully saturated rings. The predicted octanol–water partition coefficient (Wildman–Crippen LogP) is 6.15. The lowest BCUT2D eigenvalue weighted by Crippen LogP contribution is -2.64. The van der Waals surface area contributed by atoms with Crippen molar-refractivity contribution < 1.29 is 72.4 Å². The van der Waals surface area contributed by atoms with Crippen molar-refractivity contribution in [3.05, 3.63) is 104 Å². The molecule has 97 heavy (non-hydrogen) atoms. The van der Waals surface area contributed by atoms with Gasteiger partial charge in [-0.25, -0.2) is 4.79 Å². The van der Waals surface area contributed by atoms with Crippen LogP contribution >= 0.6 is 35.4 Å². The van der Waals surface area contributed by atoms with Crippen LogP contribution in [0.1, 0.15) is 129 Å². The number of benzene rings is 4. The van der Waals surface area contributed by atoms with Crippen molar-refractivity contribution in [1.29, 1.82) is 0 Å². The number of unbranched alkanes of at least 4 members (excludes halogenated alkanes) is 1. The van der Waals surface area contributed by atoms with Crippen molar-refractivity contribution in [2.24, 2.45) is 28.4 Å². The molecule has 0 aromatic heterocycles. The zero-order valence-corrected chi connectivity index (χ0v) is 58.6. The smallest absolute Gasteiger partial charge is 0.336 e. The lowest BCUT2D eigenvalue weighted by atomic mass is 9.84. The molecule has 9 atom stereocenters. The highest BCUT2D eigenvalue weighted by atomic mass is 35.5. The number of rotatable bonds is 34. The van der Waals surface area contributed by atoms with E-state index in [1.807, 2.05) is 6.92 Å². The third kappa shape index (κ3) is 22.8. The molecular formula is C68H90Cl2N10O16S. The number of ether oxygens (including phenoxy) is 2. The quantitative estimate of drug-likeness (QED) is 0.0125. The van der Waals surface area contributed by atoms with Crippen LogP contribution in [-0.2, 0) is 43.0 Å². The summed E-state index contributed by atoms with van der Waals surface area (Å²) in [5, 5.41) is 56.8. The predicted molar refractivity (Wildman–Crippen MR) is 372 cm³/mol. The van der Waals surface area contributed by atoms with Gasteiger partial charge in [-0.15, -0.1) is 0 Å². The van der Waals surface area contributed by atoms with E-state index in [1.165, 1.54) is 49.4 Å². The number of aliphatic hydroxyl groups excluding tert-OH is 1. The number of carboxylic acid groups (broad SMARTS) is 1. The van der Waals surface area contributed by atoms with Crippen LogP contribution in [-0.4, -0.2) is 156 Å². The Morgan fingerprint density at radius 3 is 1.85 bits per heavy atom. The summed E-state index contributed by atoms with van der Waals surface area (Å²) in [6.07, 6.45) is 0.540. The zero-order valence-electron chi connectivity index (χ0n) is 56.3. The molecule has 2 aliphatic rings. The summed E-state index contributed by atoms with van der Waals surface area (Å²) in [7, 11) is 0. The van der Waals surface area contributed by atoms with Crippen LogP contribution in [0.15, 0.2) is 82.0 Å². The maximum Gasteiger partial charge on any atom is 0.336 e. The number of anilines is 1. The molecule has 0 bridgehead atoms. The molecule has 29 heteroatoms. The summed E-state index contributed by atoms with van der Waals surface area (Å²) in [6, 6.07) is 10.5. The largest absolute Gasteiger partial charge is 0.508 e. The van der Waals surface area contributed by atoms with E-state index in [0.717, 1.165) is 0 Å². The van der Waals surface area contributed by atoms with Gasteiger partial charge in [-0.3, -0.25) is 43.2 Å². The van der Waals surface area contributed by atoms with Crippen molar-refractivity contribution in [2.75, 3.05) is 44.8 Å². The van der Waals surface area contributed by atoms with Crippen molar-refractivity contribution in [3.8, 4) is 28.2 Å². The minimum atomic E-state index is -1.48. The van der Waals surface area contributed by atoms with Gasteiger partial charge in [-0.05, 0) is 115 Å². The van der Waals surface area contributed by atoms with Gasteiger partial charge >= 0.3 is 5.97 Å². The highest BCUT2D eigenvalue weighted by Crippen LogP contribution is 2.42. The molecule has 5 rings (SSSR count). The van der Waals surface area contributed by atoms with Crippen LogP contribution < -0.4 is 59.0 Å². The number of phenols is 1. The van der Waals surface area contributed by atoms with Crippen LogP contribution in [0.3, 0.4) is 0 Å². The number of aromatic carboxylic acids is 1. The Bertz CT molecular complexity index is 3690. The maximum absolute atomic E-state index is 14.3. The van der Waals surface area contributed by atoms with E-state index in [9.17, 15) is 63.3 Å². The molecule has 0 spiro atoms. The Labute approximate surface area is 578 Å². The van der Waals surface area contributed by atoms with E-state index in [1.54, 1.807) is 92.6 Å². The monoisotopic (exact) mass is 1400 g/mol. The number of thiocarbonyl (C=S) groups is 1. The number of nitrogens with one attached hydrogen (secondary N) is 9. The lowest BCUT2D eigenvalue weighted by Gasteiger charge is -2.36. The summed E-state index contributed by atoms with van der Waals surface area (Å²) in [4.78, 5) is 134. The summed E-state index contributed by atoms with van der Waals surface area (Å²) in [6.45, 7) is 18.5. The minimum Gasteiger partial charge on any atom is -0.508 e. The van der Waals surface area contributed by atoms with Crippen molar-refractivity contribution in [1.82, 2.24) is 42.5 Å². The van der Waals surface area contributed by atoms with Gasteiger partial charge in [0, 0.05) is 47.4 Å². The molecule has 26 nitrogen and oxygen atoms in total. The Balaban J connectivity index is 1.04. The summed E-state index contributed by atoms with van der Waals surface area (Å²) in [5.74, 6) is -7.77. The topological polar surface area (TPSA) is 397 Å². The molecular weight excluding hydrogens is 1320 g/mol. The van der Waals surface area contributed by atoms with E-state index >= 15 is 0 Å². The second-order valence-electron chi connectivity index (χ2n) is 25.9. The number of primary amides is 1. The van der Waals surface area contributed by atoms with Crippen molar-refractivity contribution in [2.45, 2.75) is 151 Å². The Hall–Kier alpha value is -8.47. The Morgan fingerprint density at radius 2 is 1.25 bits per heavy atom. The third-order valence-electron chi connectivity index (χ3n) is 16.2. The van der Waals surface area contributed by atoms with E-state index in [2.05, 4.69) is 47.9 Å². The first kappa shape index (κ1) is 79.2. The van der Waals surface area contributed by atoms with Crippen LogP contribution in [0.4, 0.5) is 5.69 Å². The fourth-order valence-corrected chi connectivity index (χ4v) is 10.9. The second-order valence-corrected chi connectivity index (χ2v) is 27.1. The number of phenolic OH excluding ortho intramolecular Hbond substituents is 1. The molecule has 3 aromatic rings. The number of aliphatic hydroxyl groups is 1. The summed E-state index contributed by atoms with van der Waals surface area (Å²) < 4.78 is 16.9. The van der Waals surface area contributed by atoms with Crippen LogP contribution in [0.2, 0.25) is 10.0 Å². The number of amides is 8. The van der Waals surface area contributed by atoms with Gasteiger partial charge in [0.05, 0.1) is 47.1 Å². The van der Waals surface area contributed by atoms with Gasteiger partial charge in [0.1, 0.15) is 60.0 Å². The second kappa shape index (κ2) is 36.2. The normalized spacial score (nSPS) is 14.4. The summed E-state index contributed by atoms with van der Waals surface area (Å²) >= 11 is 18.0. The van der Waals surface area contributed by atoms with Gasteiger partial charge in [-0.1, -0.05) is 117 Å². The number of carbonyl (C=O) groups excluding carboxylic acids is 8. The summed E-state index contributed by atoms with van der Waals surface area (Å²) in [5.41, 5.74) is 5.35. The van der Waals surface area contributed by atoms with Crippen molar-refractivity contribution in [3.63, 3.8) is 0 Å². The average Bonchev–Trinajstić information content (AvgIpc) is 0.750. The molecule has 0 radical (unpaired) electrons. The SMILES string of the molecule is CC[C@H](C)[C@H](NC(=O)[C@@H](NC(=O)c1cccc(Cl)c1Cl)C(C)(C)C)C(=O)N[C@H](C(=O)N[C@H](C(=O)N[C@H](C(=O)NCCOCCOCC(=O)N[C@@H](CCCCNC(=S)Nc1ccc(-c2c3ccc(=O)cc-3oc3cc(O)ccc23)c(C(=O)O)c1)C(N)=O)[C@@H](C)O)[C@@H](C)CC)C(C)(C)C. The number of aromatic hydroxyl groups is 1. The van der Waals surface area contributed by atoms with E-state index in [0.29, 0.717) is 60.0 Å². The van der Waals surface area contributed by atoms with Crippen LogP contribution in [0.25, 0.3) is 33.4 Å². The zero-order chi connectivity index (χ0) is 72.2. The Kier molecular flexibility index (Phi) is 29.6. The molecule has 0 unspecified atom stereocenters. The van der Waals surface area contributed by atoms with Crippen LogP contribution in [0.5, 0.6) is 5.75 Å². The lowest BCUT2D eigenvalue weighted by molar-refractivity contribution is -0.138. The molecule has 0 saturated carbocycles. The van der Waals surface area contributed by atoms with Crippen molar-refractivity contribution >= 4 is 110 Å². The molecule has 1 aliphatic heterocycles. The minimum absolute atomic E-state index is 0.00246. The van der Waals surface area contributed by atoms with Gasteiger partial charge in [0.25, 0.3) is 5.91 Å².